The summed E-state index contributed by atoms with van der Waals surface area (Å²) in [5.74, 6) is 1.04. The number of carboxylic acids is 1. The van der Waals surface area contributed by atoms with Crippen molar-refractivity contribution in [2.45, 2.75) is 31.4 Å². The highest BCUT2D eigenvalue weighted by atomic mass is 32.2. The highest BCUT2D eigenvalue weighted by molar-refractivity contribution is 7.98. The van der Waals surface area contributed by atoms with Crippen molar-refractivity contribution in [3.8, 4) is 0 Å². The van der Waals surface area contributed by atoms with Crippen LogP contribution in [-0.4, -0.2) is 16.8 Å². The molecular weight excluding hydrogens is 251 g/mol. The molecule has 1 aliphatic carbocycles. The summed E-state index contributed by atoms with van der Waals surface area (Å²) in [6.45, 7) is 0. The number of halogens is 1. The van der Waals surface area contributed by atoms with Gasteiger partial charge in [-0.15, -0.1) is 0 Å². The zero-order valence-electron chi connectivity index (χ0n) is 10.2. The van der Waals surface area contributed by atoms with Gasteiger partial charge >= 0.3 is 5.97 Å². The van der Waals surface area contributed by atoms with Crippen LogP contribution in [-0.2, 0) is 5.75 Å². The van der Waals surface area contributed by atoms with E-state index in [1.165, 1.54) is 31.7 Å². The van der Waals surface area contributed by atoms with Gasteiger partial charge in [0.15, 0.2) is 0 Å². The summed E-state index contributed by atoms with van der Waals surface area (Å²) in [4.78, 5) is 10.8. The molecule has 0 aromatic heterocycles. The maximum absolute atomic E-state index is 13.2. The van der Waals surface area contributed by atoms with E-state index in [0.29, 0.717) is 5.75 Å². The van der Waals surface area contributed by atoms with E-state index in [-0.39, 0.29) is 5.56 Å². The number of rotatable bonds is 5. The summed E-state index contributed by atoms with van der Waals surface area (Å²) in [5.41, 5.74) is 0.793. The molecular formula is C14H17FO2S. The third-order valence-corrected chi connectivity index (χ3v) is 4.55. The SMILES string of the molecule is O=C(O)c1cc(F)cc(CSCC2CCCC2)c1. The van der Waals surface area contributed by atoms with Crippen LogP contribution in [0.2, 0.25) is 0 Å². The lowest BCUT2D eigenvalue weighted by atomic mass is 10.1. The zero-order chi connectivity index (χ0) is 13.0. The Morgan fingerprint density at radius 2 is 2.06 bits per heavy atom. The Bertz CT molecular complexity index is 428. The van der Waals surface area contributed by atoms with Crippen molar-refractivity contribution < 1.29 is 14.3 Å². The lowest BCUT2D eigenvalue weighted by Crippen LogP contribution is -2.00. The minimum Gasteiger partial charge on any atom is -0.478 e. The highest BCUT2D eigenvalue weighted by Gasteiger charge is 2.15. The molecule has 2 nitrogen and oxygen atoms in total. The molecule has 0 bridgehead atoms. The van der Waals surface area contributed by atoms with Crippen molar-refractivity contribution in [1.82, 2.24) is 0 Å². The smallest absolute Gasteiger partial charge is 0.335 e. The molecule has 4 heteroatoms. The molecule has 1 saturated carbocycles. The van der Waals surface area contributed by atoms with Crippen LogP contribution >= 0.6 is 11.8 Å². The van der Waals surface area contributed by atoms with Crippen LogP contribution < -0.4 is 0 Å². The molecule has 0 saturated heterocycles. The first kappa shape index (κ1) is 13.4. The first-order valence-corrected chi connectivity index (χ1v) is 7.41. The van der Waals surface area contributed by atoms with Crippen molar-refractivity contribution in [1.29, 1.82) is 0 Å². The molecule has 1 aliphatic rings. The summed E-state index contributed by atoms with van der Waals surface area (Å²) in [6.07, 6.45) is 5.26. The summed E-state index contributed by atoms with van der Waals surface area (Å²) < 4.78 is 13.2. The van der Waals surface area contributed by atoms with Crippen molar-refractivity contribution in [3.63, 3.8) is 0 Å². The molecule has 1 fully saturated rings. The van der Waals surface area contributed by atoms with Crippen LogP contribution in [0.3, 0.4) is 0 Å². The average molecular weight is 268 g/mol. The Labute approximate surface area is 111 Å². The second kappa shape index (κ2) is 6.23. The van der Waals surface area contributed by atoms with Gasteiger partial charge in [-0.05, 0) is 48.3 Å². The number of hydrogen-bond donors (Lipinski definition) is 1. The van der Waals surface area contributed by atoms with Crippen LogP contribution in [0.4, 0.5) is 4.39 Å². The Balaban J connectivity index is 1.89. The fourth-order valence-corrected chi connectivity index (χ4v) is 3.56. The van der Waals surface area contributed by atoms with E-state index in [1.807, 2.05) is 0 Å². The van der Waals surface area contributed by atoms with Gasteiger partial charge in [0.25, 0.3) is 0 Å². The van der Waals surface area contributed by atoms with Gasteiger partial charge in [0, 0.05) is 5.75 Å². The number of aromatic carboxylic acids is 1. The van der Waals surface area contributed by atoms with E-state index in [0.717, 1.165) is 23.3 Å². The molecule has 18 heavy (non-hydrogen) atoms. The Morgan fingerprint density at radius 3 is 2.72 bits per heavy atom. The molecule has 0 atom stereocenters. The van der Waals surface area contributed by atoms with E-state index < -0.39 is 11.8 Å². The summed E-state index contributed by atoms with van der Waals surface area (Å²) in [7, 11) is 0. The highest BCUT2D eigenvalue weighted by Crippen LogP contribution is 2.29. The van der Waals surface area contributed by atoms with Crippen molar-refractivity contribution in [2.75, 3.05) is 5.75 Å². The second-order valence-corrected chi connectivity index (χ2v) is 5.85. The quantitative estimate of drug-likeness (QED) is 0.878. The van der Waals surface area contributed by atoms with E-state index in [2.05, 4.69) is 0 Å². The monoisotopic (exact) mass is 268 g/mol. The van der Waals surface area contributed by atoms with E-state index in [4.69, 9.17) is 5.11 Å². The van der Waals surface area contributed by atoms with Crippen molar-refractivity contribution in [2.24, 2.45) is 5.92 Å². The maximum Gasteiger partial charge on any atom is 0.335 e. The van der Waals surface area contributed by atoms with E-state index in [9.17, 15) is 9.18 Å². The molecule has 0 unspecified atom stereocenters. The average Bonchev–Trinajstić information content (AvgIpc) is 2.81. The Hall–Kier alpha value is -1.03. The van der Waals surface area contributed by atoms with Crippen LogP contribution in [0.5, 0.6) is 0 Å². The van der Waals surface area contributed by atoms with Crippen molar-refractivity contribution in [3.05, 3.63) is 35.1 Å². The zero-order valence-corrected chi connectivity index (χ0v) is 11.0. The van der Waals surface area contributed by atoms with Crippen LogP contribution in [0, 0.1) is 11.7 Å². The van der Waals surface area contributed by atoms with Crippen LogP contribution in [0.15, 0.2) is 18.2 Å². The summed E-state index contributed by atoms with van der Waals surface area (Å²) in [6, 6.07) is 4.05. The lowest BCUT2D eigenvalue weighted by molar-refractivity contribution is 0.0696. The van der Waals surface area contributed by atoms with Gasteiger partial charge in [-0.2, -0.15) is 11.8 Å². The number of carboxylic acid groups (broad SMARTS) is 1. The van der Waals surface area contributed by atoms with Gasteiger partial charge in [-0.3, -0.25) is 0 Å². The summed E-state index contributed by atoms with van der Waals surface area (Å²) >= 11 is 1.77. The lowest BCUT2D eigenvalue weighted by Gasteiger charge is -2.08. The van der Waals surface area contributed by atoms with Gasteiger partial charge in [-0.1, -0.05) is 12.8 Å². The first-order valence-electron chi connectivity index (χ1n) is 6.25. The number of carbonyl (C=O) groups is 1. The van der Waals surface area contributed by atoms with Gasteiger partial charge < -0.3 is 5.11 Å². The molecule has 0 heterocycles. The Morgan fingerprint density at radius 1 is 1.33 bits per heavy atom. The van der Waals surface area contributed by atoms with E-state index >= 15 is 0 Å². The Kier molecular flexibility index (Phi) is 4.64. The molecule has 2 rings (SSSR count). The number of hydrogen-bond acceptors (Lipinski definition) is 2. The number of benzene rings is 1. The summed E-state index contributed by atoms with van der Waals surface area (Å²) in [5, 5.41) is 8.86. The number of thioether (sulfide) groups is 1. The largest absolute Gasteiger partial charge is 0.478 e. The molecule has 1 N–H and O–H groups in total. The fourth-order valence-electron chi connectivity index (χ4n) is 2.38. The van der Waals surface area contributed by atoms with Gasteiger partial charge in [0.2, 0.25) is 0 Å². The van der Waals surface area contributed by atoms with Crippen LogP contribution in [0.25, 0.3) is 0 Å². The fraction of sp³-hybridized carbons (Fsp3) is 0.500. The minimum absolute atomic E-state index is 0.0338. The predicted molar refractivity (Wildman–Crippen MR) is 71.5 cm³/mol. The minimum atomic E-state index is -1.07. The molecule has 0 spiro atoms. The third kappa shape index (κ3) is 3.73. The molecule has 0 amide bonds. The van der Waals surface area contributed by atoms with Crippen molar-refractivity contribution >= 4 is 17.7 Å². The molecule has 0 radical (unpaired) electrons. The standard InChI is InChI=1S/C14H17FO2S/c15-13-6-11(5-12(7-13)14(16)17)9-18-8-10-3-1-2-4-10/h5-7,10H,1-4,8-9H2,(H,16,17). The topological polar surface area (TPSA) is 37.3 Å². The van der Waals surface area contributed by atoms with Gasteiger partial charge in [0.05, 0.1) is 5.56 Å². The maximum atomic E-state index is 13.2. The van der Waals surface area contributed by atoms with Gasteiger partial charge in [0.1, 0.15) is 5.82 Å². The molecule has 0 aliphatic heterocycles. The second-order valence-electron chi connectivity index (χ2n) is 4.82. The molecule has 98 valence electrons. The third-order valence-electron chi connectivity index (χ3n) is 3.30. The van der Waals surface area contributed by atoms with Crippen LogP contribution in [0.1, 0.15) is 41.6 Å². The molecule has 1 aromatic carbocycles. The first-order chi connectivity index (χ1) is 8.65. The normalized spacial score (nSPS) is 16.1. The van der Waals surface area contributed by atoms with Gasteiger partial charge in [-0.25, -0.2) is 9.18 Å². The van der Waals surface area contributed by atoms with E-state index in [1.54, 1.807) is 17.8 Å². The molecule has 1 aromatic rings. The predicted octanol–water partition coefficient (Wildman–Crippen LogP) is 3.95.